The van der Waals surface area contributed by atoms with E-state index in [1.807, 2.05) is 13.8 Å². The van der Waals surface area contributed by atoms with Crippen LogP contribution in [0.2, 0.25) is 0 Å². The summed E-state index contributed by atoms with van der Waals surface area (Å²) in [5.41, 5.74) is 3.92. The first-order valence-electron chi connectivity index (χ1n) is 9.49. The highest BCUT2D eigenvalue weighted by Gasteiger charge is 2.11. The van der Waals surface area contributed by atoms with Gasteiger partial charge in [0.25, 0.3) is 0 Å². The normalized spacial score (nSPS) is 10.4. The van der Waals surface area contributed by atoms with Gasteiger partial charge in [0.2, 0.25) is 5.95 Å². The molecule has 28 heavy (non-hydrogen) atoms. The van der Waals surface area contributed by atoms with Gasteiger partial charge in [0.05, 0.1) is 18.4 Å². The van der Waals surface area contributed by atoms with Crippen molar-refractivity contribution < 1.29 is 14.3 Å². The standard InChI is InChI=1S/C20H28N4O2.CH3F/c1-5-24(6-2)13-7-12-21-20-22-15(4)14(3)18(23-20)16-8-10-17(11-9-16)19(25)26;1-2/h8-11H,5-7,12-13H2,1-4H3,(H,25,26)(H,21,22,23);1H3. The zero-order chi connectivity index (χ0) is 21.1. The second-order valence-corrected chi connectivity index (χ2v) is 6.30. The topological polar surface area (TPSA) is 78.4 Å². The lowest BCUT2D eigenvalue weighted by Crippen LogP contribution is -2.25. The quantitative estimate of drug-likeness (QED) is 0.625. The lowest BCUT2D eigenvalue weighted by Gasteiger charge is -2.18. The molecule has 7 heteroatoms. The van der Waals surface area contributed by atoms with E-state index in [0.717, 1.165) is 55.1 Å². The molecule has 1 heterocycles. The summed E-state index contributed by atoms with van der Waals surface area (Å²) in [6, 6.07) is 6.79. The zero-order valence-electron chi connectivity index (χ0n) is 17.4. The number of carboxylic acid groups (broad SMARTS) is 1. The van der Waals surface area contributed by atoms with E-state index in [-0.39, 0.29) is 5.56 Å². The van der Waals surface area contributed by atoms with Crippen LogP contribution in [0.15, 0.2) is 24.3 Å². The van der Waals surface area contributed by atoms with E-state index in [0.29, 0.717) is 13.1 Å². The lowest BCUT2D eigenvalue weighted by atomic mass is 10.0. The highest BCUT2D eigenvalue weighted by atomic mass is 19.1. The van der Waals surface area contributed by atoms with Crippen LogP contribution in [-0.4, -0.2) is 59.3 Å². The molecule has 6 nitrogen and oxygen atoms in total. The SMILES string of the molecule is CCN(CC)CCCNc1nc(C)c(C)c(-c2ccc(C(=O)O)cc2)n1.CF. The molecule has 0 atom stereocenters. The molecule has 0 aliphatic carbocycles. The Bertz CT molecular complexity index is 747. The number of benzene rings is 1. The fourth-order valence-electron chi connectivity index (χ4n) is 2.80. The number of hydrogen-bond donors (Lipinski definition) is 2. The number of alkyl halides is 1. The molecule has 2 rings (SSSR count). The smallest absolute Gasteiger partial charge is 0.335 e. The molecule has 2 N–H and O–H groups in total. The van der Waals surface area contributed by atoms with Crippen LogP contribution in [0, 0.1) is 13.8 Å². The van der Waals surface area contributed by atoms with Gasteiger partial charge in [-0.05, 0) is 57.6 Å². The summed E-state index contributed by atoms with van der Waals surface area (Å²) in [6.45, 7) is 12.3. The molecule has 0 unspecified atom stereocenters. The Morgan fingerprint density at radius 3 is 2.25 bits per heavy atom. The van der Waals surface area contributed by atoms with Crippen LogP contribution < -0.4 is 5.32 Å². The number of rotatable bonds is 9. The Kier molecular flexibility index (Phi) is 10.1. The fourth-order valence-corrected chi connectivity index (χ4v) is 2.80. The molecule has 0 fully saturated rings. The maximum atomic E-state index is 11.0. The summed E-state index contributed by atoms with van der Waals surface area (Å²) in [5, 5.41) is 12.4. The molecule has 0 spiro atoms. The number of aryl methyl sites for hydroxylation is 1. The number of aromatic nitrogens is 2. The van der Waals surface area contributed by atoms with Gasteiger partial charge in [0.15, 0.2) is 0 Å². The lowest BCUT2D eigenvalue weighted by molar-refractivity contribution is 0.0697. The minimum absolute atomic E-state index is 0.270. The van der Waals surface area contributed by atoms with Crippen LogP contribution in [0.4, 0.5) is 10.3 Å². The molecular formula is C21H31FN4O2. The Balaban J connectivity index is 0.00000190. The molecule has 2 aromatic rings. The number of nitrogens with zero attached hydrogens (tertiary/aromatic N) is 3. The van der Waals surface area contributed by atoms with Gasteiger partial charge in [0.1, 0.15) is 0 Å². The van der Waals surface area contributed by atoms with E-state index in [1.54, 1.807) is 24.3 Å². The minimum atomic E-state index is -0.928. The maximum Gasteiger partial charge on any atom is 0.335 e. The summed E-state index contributed by atoms with van der Waals surface area (Å²) >= 11 is 0. The van der Waals surface area contributed by atoms with E-state index in [2.05, 4.69) is 34.0 Å². The fraction of sp³-hybridized carbons (Fsp3) is 0.476. The number of anilines is 1. The van der Waals surface area contributed by atoms with Gasteiger partial charge in [-0.15, -0.1) is 0 Å². The van der Waals surface area contributed by atoms with Crippen molar-refractivity contribution in [2.24, 2.45) is 0 Å². The number of aromatic carboxylic acids is 1. The van der Waals surface area contributed by atoms with E-state index in [4.69, 9.17) is 5.11 Å². The Morgan fingerprint density at radius 1 is 1.11 bits per heavy atom. The predicted molar refractivity (Wildman–Crippen MR) is 112 cm³/mol. The molecule has 0 aliphatic rings. The number of halogens is 1. The maximum absolute atomic E-state index is 11.0. The van der Waals surface area contributed by atoms with Crippen LogP contribution >= 0.6 is 0 Å². The molecular weight excluding hydrogens is 359 g/mol. The number of nitrogens with one attached hydrogen (secondary N) is 1. The highest BCUT2D eigenvalue weighted by molar-refractivity contribution is 5.88. The van der Waals surface area contributed by atoms with Gasteiger partial charge in [0, 0.05) is 17.8 Å². The van der Waals surface area contributed by atoms with E-state index < -0.39 is 5.97 Å². The Hall–Kier alpha value is -2.54. The average Bonchev–Trinajstić information content (AvgIpc) is 2.72. The summed E-state index contributed by atoms with van der Waals surface area (Å²) in [7, 11) is 0.500. The molecule has 0 radical (unpaired) electrons. The van der Waals surface area contributed by atoms with Gasteiger partial charge in [-0.1, -0.05) is 26.0 Å². The van der Waals surface area contributed by atoms with Crippen LogP contribution in [-0.2, 0) is 0 Å². The minimum Gasteiger partial charge on any atom is -0.478 e. The summed E-state index contributed by atoms with van der Waals surface area (Å²) < 4.78 is 9.50. The summed E-state index contributed by atoms with van der Waals surface area (Å²) in [5.74, 6) is -0.312. The van der Waals surface area contributed by atoms with Crippen molar-refractivity contribution in [3.8, 4) is 11.3 Å². The third-order valence-corrected chi connectivity index (χ3v) is 4.62. The van der Waals surface area contributed by atoms with E-state index in [9.17, 15) is 9.18 Å². The first kappa shape index (κ1) is 23.5. The van der Waals surface area contributed by atoms with Crippen molar-refractivity contribution in [3.63, 3.8) is 0 Å². The monoisotopic (exact) mass is 390 g/mol. The second-order valence-electron chi connectivity index (χ2n) is 6.30. The van der Waals surface area contributed by atoms with Gasteiger partial charge in [-0.2, -0.15) is 0 Å². The number of carboxylic acids is 1. The van der Waals surface area contributed by atoms with Crippen LogP contribution in [0.25, 0.3) is 11.3 Å². The average molecular weight is 391 g/mol. The summed E-state index contributed by atoms with van der Waals surface area (Å²) in [4.78, 5) is 22.6. The second kappa shape index (κ2) is 12.0. The molecule has 0 amide bonds. The molecule has 154 valence electrons. The molecule has 0 aliphatic heterocycles. The van der Waals surface area contributed by atoms with Crippen LogP contribution in [0.1, 0.15) is 41.9 Å². The van der Waals surface area contributed by atoms with Crippen molar-refractivity contribution >= 4 is 11.9 Å². The summed E-state index contributed by atoms with van der Waals surface area (Å²) in [6.07, 6.45) is 1.03. The molecule has 1 aromatic heterocycles. The van der Waals surface area contributed by atoms with E-state index in [1.165, 1.54) is 0 Å². The molecule has 0 bridgehead atoms. The van der Waals surface area contributed by atoms with Crippen molar-refractivity contribution in [3.05, 3.63) is 41.1 Å². The van der Waals surface area contributed by atoms with Crippen molar-refractivity contribution in [1.29, 1.82) is 0 Å². The Labute approximate surface area is 166 Å². The van der Waals surface area contributed by atoms with Crippen molar-refractivity contribution in [2.75, 3.05) is 38.7 Å². The molecule has 1 aromatic carbocycles. The first-order chi connectivity index (χ1) is 13.5. The number of hydrogen-bond acceptors (Lipinski definition) is 5. The largest absolute Gasteiger partial charge is 0.478 e. The van der Waals surface area contributed by atoms with E-state index >= 15 is 0 Å². The molecule has 0 saturated carbocycles. The molecule has 0 saturated heterocycles. The number of carbonyl (C=O) groups is 1. The predicted octanol–water partition coefficient (Wildman–Crippen LogP) is 4.19. The first-order valence-corrected chi connectivity index (χ1v) is 9.49. The van der Waals surface area contributed by atoms with Gasteiger partial charge in [-0.25, -0.2) is 14.8 Å². The van der Waals surface area contributed by atoms with Crippen molar-refractivity contribution in [1.82, 2.24) is 14.9 Å². The highest BCUT2D eigenvalue weighted by Crippen LogP contribution is 2.24. The van der Waals surface area contributed by atoms with Gasteiger partial charge in [-0.3, -0.25) is 4.39 Å². The van der Waals surface area contributed by atoms with Crippen molar-refractivity contribution in [2.45, 2.75) is 34.1 Å². The van der Waals surface area contributed by atoms with Gasteiger partial charge < -0.3 is 15.3 Å². The third kappa shape index (κ3) is 6.56. The van der Waals surface area contributed by atoms with Gasteiger partial charge >= 0.3 is 5.97 Å². The Morgan fingerprint density at radius 2 is 1.71 bits per heavy atom. The third-order valence-electron chi connectivity index (χ3n) is 4.62. The van der Waals surface area contributed by atoms with Crippen LogP contribution in [0.3, 0.4) is 0 Å². The van der Waals surface area contributed by atoms with Crippen LogP contribution in [0.5, 0.6) is 0 Å². The zero-order valence-corrected chi connectivity index (χ0v) is 17.4.